The zero-order valence-electron chi connectivity index (χ0n) is 12.5. The van der Waals surface area contributed by atoms with E-state index in [0.717, 1.165) is 18.4 Å². The Morgan fingerprint density at radius 2 is 1.76 bits per heavy atom. The highest BCUT2D eigenvalue weighted by Crippen LogP contribution is 2.35. The van der Waals surface area contributed by atoms with Gasteiger partial charge < -0.3 is 5.11 Å². The van der Waals surface area contributed by atoms with E-state index in [9.17, 15) is 5.11 Å². The summed E-state index contributed by atoms with van der Waals surface area (Å²) in [6.45, 7) is 0. The predicted molar refractivity (Wildman–Crippen MR) is 87.4 cm³/mol. The maximum absolute atomic E-state index is 10.2. The van der Waals surface area contributed by atoms with Crippen LogP contribution in [0, 0.1) is 0 Å². The third-order valence-electron chi connectivity index (χ3n) is 4.71. The minimum absolute atomic E-state index is 0.315. The van der Waals surface area contributed by atoms with Gasteiger partial charge in [-0.15, -0.1) is 0 Å². The zero-order chi connectivity index (χ0) is 14.5. The summed E-state index contributed by atoms with van der Waals surface area (Å²) in [4.78, 5) is 0. The summed E-state index contributed by atoms with van der Waals surface area (Å²) in [6.07, 6.45) is 6.68. The molecule has 2 atom stereocenters. The lowest BCUT2D eigenvalue weighted by molar-refractivity contribution is 0.162. The van der Waals surface area contributed by atoms with Gasteiger partial charge in [0.15, 0.2) is 0 Å². The van der Waals surface area contributed by atoms with Crippen LogP contribution in [-0.4, -0.2) is 5.11 Å². The van der Waals surface area contributed by atoms with Gasteiger partial charge in [0.05, 0.1) is 6.10 Å². The van der Waals surface area contributed by atoms with Crippen LogP contribution in [0.25, 0.3) is 0 Å². The molecule has 1 aliphatic carbocycles. The number of aliphatic hydroxyl groups excluding tert-OH is 1. The first-order valence-electron chi connectivity index (χ1n) is 8.15. The Morgan fingerprint density at radius 3 is 2.62 bits per heavy atom. The lowest BCUT2D eigenvalue weighted by Crippen LogP contribution is -2.10. The van der Waals surface area contributed by atoms with Crippen LogP contribution in [0.1, 0.15) is 60.8 Å². The summed E-state index contributed by atoms with van der Waals surface area (Å²) in [5.74, 6) is 0.693. The lowest BCUT2D eigenvalue weighted by atomic mass is 9.80. The second-order valence-electron chi connectivity index (χ2n) is 6.15. The molecule has 0 aromatic heterocycles. The maximum Gasteiger partial charge on any atom is 0.0790 e. The molecule has 0 saturated carbocycles. The van der Waals surface area contributed by atoms with Crippen LogP contribution in [-0.2, 0) is 6.42 Å². The van der Waals surface area contributed by atoms with E-state index in [2.05, 4.69) is 24.3 Å². The highest BCUT2D eigenvalue weighted by molar-refractivity contribution is 5.32. The number of aliphatic hydroxyl groups is 1. The first-order chi connectivity index (χ1) is 10.3. The number of rotatable bonds is 5. The molecule has 2 aromatic rings. The molecular weight excluding hydrogens is 256 g/mol. The van der Waals surface area contributed by atoms with Gasteiger partial charge in [0, 0.05) is 0 Å². The molecule has 2 aromatic carbocycles. The Bertz CT molecular complexity index is 561. The molecule has 21 heavy (non-hydrogen) atoms. The molecule has 1 aliphatic rings. The van der Waals surface area contributed by atoms with E-state index in [1.807, 2.05) is 30.3 Å². The van der Waals surface area contributed by atoms with Crippen LogP contribution in [0.3, 0.4) is 0 Å². The van der Waals surface area contributed by atoms with E-state index in [4.69, 9.17) is 0 Å². The molecule has 0 spiro atoms. The molecular formula is C20H24O. The molecule has 2 unspecified atom stereocenters. The van der Waals surface area contributed by atoms with Crippen molar-refractivity contribution < 1.29 is 5.11 Å². The van der Waals surface area contributed by atoms with Gasteiger partial charge in [-0.2, -0.15) is 0 Å². The molecule has 110 valence electrons. The van der Waals surface area contributed by atoms with Crippen molar-refractivity contribution in [2.24, 2.45) is 0 Å². The molecule has 0 amide bonds. The fourth-order valence-corrected chi connectivity index (χ4v) is 3.55. The van der Waals surface area contributed by atoms with Gasteiger partial charge in [-0.25, -0.2) is 0 Å². The fraction of sp³-hybridized carbons (Fsp3) is 0.400. The first kappa shape index (κ1) is 14.3. The highest BCUT2D eigenvalue weighted by atomic mass is 16.3. The molecule has 0 bridgehead atoms. The minimum atomic E-state index is -0.315. The fourth-order valence-electron chi connectivity index (χ4n) is 3.55. The Balaban J connectivity index is 1.55. The van der Waals surface area contributed by atoms with E-state index in [0.29, 0.717) is 5.92 Å². The molecule has 0 aliphatic heterocycles. The summed E-state index contributed by atoms with van der Waals surface area (Å²) in [5.41, 5.74) is 4.14. The van der Waals surface area contributed by atoms with Crippen LogP contribution >= 0.6 is 0 Å². The number of hydrogen-bond donors (Lipinski definition) is 1. The number of hydrogen-bond acceptors (Lipinski definition) is 1. The van der Waals surface area contributed by atoms with Crippen molar-refractivity contribution >= 4 is 0 Å². The van der Waals surface area contributed by atoms with Crippen LogP contribution < -0.4 is 0 Å². The van der Waals surface area contributed by atoms with Crippen molar-refractivity contribution in [2.45, 2.75) is 50.5 Å². The Morgan fingerprint density at radius 1 is 1.00 bits per heavy atom. The van der Waals surface area contributed by atoms with Crippen molar-refractivity contribution in [3.05, 3.63) is 71.3 Å². The third-order valence-corrected chi connectivity index (χ3v) is 4.71. The summed E-state index contributed by atoms with van der Waals surface area (Å²) in [5, 5.41) is 10.2. The van der Waals surface area contributed by atoms with Gasteiger partial charge in [-0.05, 0) is 61.1 Å². The highest BCUT2D eigenvalue weighted by Gasteiger charge is 2.19. The van der Waals surface area contributed by atoms with E-state index in [1.165, 1.54) is 31.2 Å². The molecule has 3 rings (SSSR count). The summed E-state index contributed by atoms with van der Waals surface area (Å²) in [6, 6.07) is 18.9. The average molecular weight is 280 g/mol. The first-order valence-corrected chi connectivity index (χ1v) is 8.15. The van der Waals surface area contributed by atoms with Gasteiger partial charge in [-0.1, -0.05) is 54.6 Å². The Kier molecular flexibility index (Phi) is 4.72. The second-order valence-corrected chi connectivity index (χ2v) is 6.15. The molecule has 1 N–H and O–H groups in total. The topological polar surface area (TPSA) is 20.2 Å². The van der Waals surface area contributed by atoms with E-state index >= 15 is 0 Å². The summed E-state index contributed by atoms with van der Waals surface area (Å²) < 4.78 is 0. The van der Waals surface area contributed by atoms with Gasteiger partial charge in [-0.3, -0.25) is 0 Å². The van der Waals surface area contributed by atoms with E-state index < -0.39 is 0 Å². The SMILES string of the molecule is OC(CCCC1CCCc2ccccc21)c1ccccc1. The molecule has 0 heterocycles. The molecule has 1 heteroatoms. The van der Waals surface area contributed by atoms with Crippen LogP contribution in [0.4, 0.5) is 0 Å². The smallest absolute Gasteiger partial charge is 0.0790 e. The van der Waals surface area contributed by atoms with Crippen molar-refractivity contribution in [2.75, 3.05) is 0 Å². The lowest BCUT2D eigenvalue weighted by Gasteiger charge is -2.25. The van der Waals surface area contributed by atoms with Gasteiger partial charge in [0.25, 0.3) is 0 Å². The van der Waals surface area contributed by atoms with Gasteiger partial charge in [0.2, 0.25) is 0 Å². The largest absolute Gasteiger partial charge is 0.388 e. The monoisotopic (exact) mass is 280 g/mol. The quantitative estimate of drug-likeness (QED) is 0.816. The number of benzene rings is 2. The average Bonchev–Trinajstić information content (AvgIpc) is 2.56. The van der Waals surface area contributed by atoms with E-state index in [-0.39, 0.29) is 6.10 Å². The second kappa shape index (κ2) is 6.91. The number of fused-ring (bicyclic) bond motifs is 1. The van der Waals surface area contributed by atoms with E-state index in [1.54, 1.807) is 5.56 Å². The van der Waals surface area contributed by atoms with Gasteiger partial charge >= 0.3 is 0 Å². The zero-order valence-corrected chi connectivity index (χ0v) is 12.5. The predicted octanol–water partition coefficient (Wildman–Crippen LogP) is 5.01. The third kappa shape index (κ3) is 3.54. The Hall–Kier alpha value is -1.60. The molecule has 0 saturated heterocycles. The van der Waals surface area contributed by atoms with Crippen molar-refractivity contribution in [1.82, 2.24) is 0 Å². The van der Waals surface area contributed by atoms with Crippen molar-refractivity contribution in [3.63, 3.8) is 0 Å². The Labute approximate surface area is 127 Å². The molecule has 1 nitrogen and oxygen atoms in total. The van der Waals surface area contributed by atoms with Crippen molar-refractivity contribution in [1.29, 1.82) is 0 Å². The normalized spacial score (nSPS) is 19.0. The van der Waals surface area contributed by atoms with Gasteiger partial charge in [0.1, 0.15) is 0 Å². The van der Waals surface area contributed by atoms with Crippen molar-refractivity contribution in [3.8, 4) is 0 Å². The maximum atomic E-state index is 10.2. The van der Waals surface area contributed by atoms with Crippen LogP contribution in [0.5, 0.6) is 0 Å². The minimum Gasteiger partial charge on any atom is -0.388 e. The molecule has 0 fully saturated rings. The number of aryl methyl sites for hydroxylation is 1. The van der Waals surface area contributed by atoms with Crippen LogP contribution in [0.2, 0.25) is 0 Å². The molecule has 0 radical (unpaired) electrons. The summed E-state index contributed by atoms with van der Waals surface area (Å²) >= 11 is 0. The summed E-state index contributed by atoms with van der Waals surface area (Å²) in [7, 11) is 0. The standard InChI is InChI=1S/C20H24O/c21-20(18-9-2-1-3-10-18)15-7-13-17-12-6-11-16-8-4-5-14-19(16)17/h1-5,8-10,14,17,20-21H,6-7,11-13,15H2. The van der Waals surface area contributed by atoms with Crippen LogP contribution in [0.15, 0.2) is 54.6 Å².